The Balaban J connectivity index is 1.97. The molecule has 1 saturated carbocycles. The third-order valence-electron chi connectivity index (χ3n) is 3.71. The molecule has 1 aliphatic carbocycles. The van der Waals surface area contributed by atoms with Crippen molar-refractivity contribution in [1.29, 1.82) is 0 Å². The minimum absolute atomic E-state index is 0.0890. The highest BCUT2D eigenvalue weighted by molar-refractivity contribution is 4.97. The van der Waals surface area contributed by atoms with Gasteiger partial charge in [-0.15, -0.1) is 0 Å². The Labute approximate surface area is 92.5 Å². The van der Waals surface area contributed by atoms with Gasteiger partial charge in [0.25, 0.3) is 0 Å². The summed E-state index contributed by atoms with van der Waals surface area (Å²) < 4.78 is 11.6. The molecule has 1 heterocycles. The van der Waals surface area contributed by atoms with Crippen molar-refractivity contribution < 1.29 is 9.47 Å². The highest BCUT2D eigenvalue weighted by atomic mass is 16.5. The van der Waals surface area contributed by atoms with E-state index in [-0.39, 0.29) is 5.60 Å². The minimum atomic E-state index is 0.0890. The van der Waals surface area contributed by atoms with Crippen LogP contribution >= 0.6 is 0 Å². The molecule has 0 aromatic heterocycles. The second kappa shape index (κ2) is 5.28. The summed E-state index contributed by atoms with van der Waals surface area (Å²) in [7, 11) is 0. The van der Waals surface area contributed by atoms with Gasteiger partial charge in [0.1, 0.15) is 0 Å². The van der Waals surface area contributed by atoms with Crippen LogP contribution < -0.4 is 5.32 Å². The number of hydrogen-bond acceptors (Lipinski definition) is 3. The number of ether oxygens (including phenoxy) is 2. The summed E-state index contributed by atoms with van der Waals surface area (Å²) in [4.78, 5) is 0. The molecule has 0 radical (unpaired) electrons. The Morgan fingerprint density at radius 3 is 2.87 bits per heavy atom. The van der Waals surface area contributed by atoms with Crippen LogP contribution in [0.1, 0.15) is 39.0 Å². The average molecular weight is 213 g/mol. The van der Waals surface area contributed by atoms with E-state index in [2.05, 4.69) is 12.2 Å². The molecule has 2 rings (SSSR count). The fourth-order valence-corrected chi connectivity index (χ4v) is 2.86. The van der Waals surface area contributed by atoms with Gasteiger partial charge in [-0.25, -0.2) is 0 Å². The number of hydrogen-bond donors (Lipinski definition) is 1. The summed E-state index contributed by atoms with van der Waals surface area (Å²) in [6.07, 6.45) is 6.40. The summed E-state index contributed by atoms with van der Waals surface area (Å²) in [6.45, 7) is 5.49. The predicted molar refractivity (Wildman–Crippen MR) is 60.1 cm³/mol. The van der Waals surface area contributed by atoms with Gasteiger partial charge in [-0.3, -0.25) is 0 Å². The smallest absolute Gasteiger partial charge is 0.0857 e. The zero-order valence-electron chi connectivity index (χ0n) is 9.76. The van der Waals surface area contributed by atoms with E-state index in [1.165, 1.54) is 32.1 Å². The van der Waals surface area contributed by atoms with E-state index in [9.17, 15) is 0 Å². The van der Waals surface area contributed by atoms with E-state index in [0.29, 0.717) is 6.04 Å². The van der Waals surface area contributed by atoms with E-state index in [4.69, 9.17) is 9.47 Å². The first-order valence-electron chi connectivity index (χ1n) is 6.32. The van der Waals surface area contributed by atoms with Crippen LogP contribution in [0.25, 0.3) is 0 Å². The fourth-order valence-electron chi connectivity index (χ4n) is 2.86. The van der Waals surface area contributed by atoms with Crippen LogP contribution in [0.4, 0.5) is 0 Å². The first kappa shape index (κ1) is 11.4. The Morgan fingerprint density at radius 1 is 1.33 bits per heavy atom. The molecule has 0 aromatic carbocycles. The molecule has 1 atom stereocenters. The molecule has 0 bridgehead atoms. The Morgan fingerprint density at radius 2 is 2.13 bits per heavy atom. The predicted octanol–water partition coefficient (Wildman–Crippen LogP) is 1.71. The van der Waals surface area contributed by atoms with Crippen LogP contribution in [0.3, 0.4) is 0 Å². The van der Waals surface area contributed by atoms with Gasteiger partial charge in [-0.2, -0.15) is 0 Å². The monoisotopic (exact) mass is 213 g/mol. The maximum Gasteiger partial charge on any atom is 0.0857 e. The summed E-state index contributed by atoms with van der Waals surface area (Å²) in [5, 5.41) is 3.56. The Hall–Kier alpha value is -0.120. The molecule has 3 heteroatoms. The third-order valence-corrected chi connectivity index (χ3v) is 3.71. The van der Waals surface area contributed by atoms with Crippen LogP contribution in [0.2, 0.25) is 0 Å². The van der Waals surface area contributed by atoms with E-state index in [0.717, 1.165) is 26.4 Å². The van der Waals surface area contributed by atoms with Crippen molar-refractivity contribution in [3.63, 3.8) is 0 Å². The van der Waals surface area contributed by atoms with Gasteiger partial charge in [0, 0.05) is 13.2 Å². The summed E-state index contributed by atoms with van der Waals surface area (Å²) in [6, 6.07) is 0.409. The second-order valence-electron chi connectivity index (χ2n) is 4.64. The lowest BCUT2D eigenvalue weighted by molar-refractivity contribution is -0.131. The standard InChI is InChI=1S/C12H23NO2/c1-2-14-10-11-12(15-9-8-13-11)6-4-3-5-7-12/h11,13H,2-10H2,1H3. The quantitative estimate of drug-likeness (QED) is 0.774. The van der Waals surface area contributed by atoms with Crippen LogP contribution in [-0.2, 0) is 9.47 Å². The van der Waals surface area contributed by atoms with Gasteiger partial charge in [0.15, 0.2) is 0 Å². The molecule has 2 fully saturated rings. The van der Waals surface area contributed by atoms with E-state index in [1.807, 2.05) is 0 Å². The van der Waals surface area contributed by atoms with E-state index < -0.39 is 0 Å². The molecule has 3 nitrogen and oxygen atoms in total. The normalized spacial score (nSPS) is 30.6. The van der Waals surface area contributed by atoms with Gasteiger partial charge < -0.3 is 14.8 Å². The van der Waals surface area contributed by atoms with E-state index in [1.54, 1.807) is 0 Å². The van der Waals surface area contributed by atoms with Crippen molar-refractivity contribution in [1.82, 2.24) is 5.32 Å². The first-order valence-corrected chi connectivity index (χ1v) is 6.32. The molecule has 88 valence electrons. The van der Waals surface area contributed by atoms with Crippen molar-refractivity contribution >= 4 is 0 Å². The van der Waals surface area contributed by atoms with Crippen LogP contribution in [-0.4, -0.2) is 38.0 Å². The van der Waals surface area contributed by atoms with Crippen molar-refractivity contribution in [3.05, 3.63) is 0 Å². The first-order chi connectivity index (χ1) is 7.37. The Kier molecular flexibility index (Phi) is 4.00. The molecule has 15 heavy (non-hydrogen) atoms. The van der Waals surface area contributed by atoms with Crippen LogP contribution in [0, 0.1) is 0 Å². The largest absolute Gasteiger partial charge is 0.380 e. The lowest BCUT2D eigenvalue weighted by Gasteiger charge is -2.46. The number of nitrogens with one attached hydrogen (secondary N) is 1. The van der Waals surface area contributed by atoms with Gasteiger partial charge in [-0.1, -0.05) is 19.3 Å². The Bertz CT molecular complexity index is 182. The molecule has 0 aromatic rings. The van der Waals surface area contributed by atoms with Crippen LogP contribution in [0.5, 0.6) is 0 Å². The molecule has 1 spiro atoms. The topological polar surface area (TPSA) is 30.5 Å². The van der Waals surface area contributed by atoms with Gasteiger partial charge in [-0.05, 0) is 19.8 Å². The molecule has 1 saturated heterocycles. The maximum atomic E-state index is 6.07. The van der Waals surface area contributed by atoms with Gasteiger partial charge >= 0.3 is 0 Å². The van der Waals surface area contributed by atoms with Crippen molar-refractivity contribution in [2.45, 2.75) is 50.7 Å². The highest BCUT2D eigenvalue weighted by Crippen LogP contribution is 2.36. The second-order valence-corrected chi connectivity index (χ2v) is 4.64. The summed E-state index contributed by atoms with van der Waals surface area (Å²) in [5.74, 6) is 0. The lowest BCUT2D eigenvalue weighted by Crippen LogP contribution is -2.60. The van der Waals surface area contributed by atoms with Crippen LogP contribution in [0.15, 0.2) is 0 Å². The molecular formula is C12H23NO2. The molecular weight excluding hydrogens is 190 g/mol. The molecule has 1 aliphatic heterocycles. The number of morpholine rings is 1. The maximum absolute atomic E-state index is 6.07. The van der Waals surface area contributed by atoms with Crippen molar-refractivity contribution in [3.8, 4) is 0 Å². The third kappa shape index (κ3) is 2.52. The zero-order valence-corrected chi connectivity index (χ0v) is 9.76. The minimum Gasteiger partial charge on any atom is -0.380 e. The van der Waals surface area contributed by atoms with Crippen molar-refractivity contribution in [2.75, 3.05) is 26.4 Å². The zero-order chi connectivity index (χ0) is 10.6. The van der Waals surface area contributed by atoms with Gasteiger partial charge in [0.05, 0.1) is 24.9 Å². The molecule has 1 unspecified atom stereocenters. The average Bonchev–Trinajstić information content (AvgIpc) is 2.29. The van der Waals surface area contributed by atoms with E-state index >= 15 is 0 Å². The highest BCUT2D eigenvalue weighted by Gasteiger charge is 2.42. The molecule has 0 amide bonds. The van der Waals surface area contributed by atoms with Crippen molar-refractivity contribution in [2.24, 2.45) is 0 Å². The summed E-state index contributed by atoms with van der Waals surface area (Å²) >= 11 is 0. The molecule has 2 aliphatic rings. The fraction of sp³-hybridized carbons (Fsp3) is 1.00. The number of rotatable bonds is 3. The lowest BCUT2D eigenvalue weighted by atomic mass is 9.78. The summed E-state index contributed by atoms with van der Waals surface area (Å²) in [5.41, 5.74) is 0.0890. The van der Waals surface area contributed by atoms with Gasteiger partial charge in [0.2, 0.25) is 0 Å². The molecule has 1 N–H and O–H groups in total. The SMILES string of the molecule is CCOCC1NCCOC12CCCCC2.